The van der Waals surface area contributed by atoms with E-state index in [1.165, 1.54) is 0 Å². The van der Waals surface area contributed by atoms with Gasteiger partial charge in [0.25, 0.3) is 16.0 Å². The van der Waals surface area contributed by atoms with E-state index in [-0.39, 0.29) is 16.9 Å². The normalized spacial score (nSPS) is 15.1. The first-order valence-electron chi connectivity index (χ1n) is 10.8. The SMILES string of the molecule is COc1ccc(C2C=C(c3ccc(Cl)cc3)Nc3nc(NS(=O)(=O)c4ccc(C)cc4)nn32)cc1. The van der Waals surface area contributed by atoms with Gasteiger partial charge in [-0.25, -0.2) is 17.8 Å². The molecular weight excluding hydrogens is 486 g/mol. The highest BCUT2D eigenvalue weighted by Crippen LogP contribution is 2.34. The zero-order valence-corrected chi connectivity index (χ0v) is 20.5. The number of halogens is 1. The van der Waals surface area contributed by atoms with E-state index >= 15 is 0 Å². The van der Waals surface area contributed by atoms with Gasteiger partial charge in [-0.3, -0.25) is 0 Å². The van der Waals surface area contributed by atoms with Crippen LogP contribution in [0.3, 0.4) is 0 Å². The Balaban J connectivity index is 1.53. The molecule has 10 heteroatoms. The van der Waals surface area contributed by atoms with Crippen LogP contribution in [-0.4, -0.2) is 30.3 Å². The number of hydrogen-bond donors (Lipinski definition) is 2. The van der Waals surface area contributed by atoms with E-state index in [1.807, 2.05) is 61.5 Å². The first-order valence-corrected chi connectivity index (χ1v) is 12.6. The van der Waals surface area contributed by atoms with Crippen molar-refractivity contribution in [2.45, 2.75) is 17.9 Å². The van der Waals surface area contributed by atoms with Crippen molar-refractivity contribution >= 4 is 39.2 Å². The molecule has 0 spiro atoms. The molecule has 0 aliphatic carbocycles. The maximum absolute atomic E-state index is 12.9. The van der Waals surface area contributed by atoms with Crippen LogP contribution in [0.1, 0.15) is 22.7 Å². The Kier molecular flexibility index (Phi) is 5.96. The largest absolute Gasteiger partial charge is 0.497 e. The molecule has 0 amide bonds. The first kappa shape index (κ1) is 22.9. The van der Waals surface area contributed by atoms with Gasteiger partial charge in [0.2, 0.25) is 5.95 Å². The Hall–Kier alpha value is -3.82. The highest BCUT2D eigenvalue weighted by atomic mass is 35.5. The van der Waals surface area contributed by atoms with Crippen molar-refractivity contribution in [3.63, 3.8) is 0 Å². The van der Waals surface area contributed by atoms with Gasteiger partial charge >= 0.3 is 0 Å². The number of methoxy groups -OCH3 is 1. The number of anilines is 2. The van der Waals surface area contributed by atoms with E-state index in [9.17, 15) is 8.42 Å². The smallest absolute Gasteiger partial charge is 0.264 e. The van der Waals surface area contributed by atoms with Crippen LogP contribution in [0.4, 0.5) is 11.9 Å². The summed E-state index contributed by atoms with van der Waals surface area (Å²) in [5.41, 5.74) is 3.60. The predicted octanol–water partition coefficient (Wildman–Crippen LogP) is 5.11. The van der Waals surface area contributed by atoms with Gasteiger partial charge in [-0.05, 0) is 60.5 Å². The minimum atomic E-state index is -3.86. The van der Waals surface area contributed by atoms with E-state index in [1.54, 1.807) is 36.1 Å². The molecule has 0 saturated heterocycles. The maximum atomic E-state index is 12.9. The second-order valence-corrected chi connectivity index (χ2v) is 10.2. The van der Waals surface area contributed by atoms with E-state index in [0.717, 1.165) is 28.1 Å². The van der Waals surface area contributed by atoms with Crippen molar-refractivity contribution in [2.75, 3.05) is 17.1 Å². The molecule has 0 fully saturated rings. The zero-order chi connectivity index (χ0) is 24.6. The third kappa shape index (κ3) is 4.73. The monoisotopic (exact) mass is 507 g/mol. The second kappa shape index (κ2) is 9.09. The topological polar surface area (TPSA) is 98.1 Å². The van der Waals surface area contributed by atoms with Gasteiger partial charge in [0.15, 0.2) is 0 Å². The third-order valence-corrected chi connectivity index (χ3v) is 7.23. The molecule has 8 nitrogen and oxygen atoms in total. The van der Waals surface area contributed by atoms with Crippen molar-refractivity contribution < 1.29 is 13.2 Å². The van der Waals surface area contributed by atoms with Gasteiger partial charge in [-0.1, -0.05) is 53.6 Å². The number of sulfonamides is 1. The standard InChI is InChI=1S/C25H22ClN5O3S/c1-16-3-13-21(14-4-16)35(32,33)30-24-28-25-27-22(17-5-9-19(26)10-6-17)15-23(31(25)29-24)18-7-11-20(34-2)12-8-18/h3-15,23H,1-2H3,(H2,27,28,29,30). The molecule has 1 atom stereocenters. The number of allylic oxidation sites excluding steroid dienone is 1. The molecular formula is C25H22ClN5O3S. The number of benzene rings is 3. The summed E-state index contributed by atoms with van der Waals surface area (Å²) in [6, 6.07) is 21.3. The predicted molar refractivity (Wildman–Crippen MR) is 136 cm³/mol. The molecule has 5 rings (SSSR count). The van der Waals surface area contributed by atoms with E-state index in [0.29, 0.717) is 11.0 Å². The summed E-state index contributed by atoms with van der Waals surface area (Å²) in [5.74, 6) is 1.10. The first-order chi connectivity index (χ1) is 16.8. The van der Waals surface area contributed by atoms with Crippen LogP contribution in [0.2, 0.25) is 5.02 Å². The molecule has 2 heterocycles. The van der Waals surface area contributed by atoms with Crippen molar-refractivity contribution in [1.29, 1.82) is 0 Å². The fraction of sp³-hybridized carbons (Fsp3) is 0.120. The number of ether oxygens (including phenoxy) is 1. The van der Waals surface area contributed by atoms with Crippen LogP contribution < -0.4 is 14.8 Å². The van der Waals surface area contributed by atoms with E-state index < -0.39 is 10.0 Å². The molecule has 3 aromatic carbocycles. The van der Waals surface area contributed by atoms with Gasteiger partial charge in [0, 0.05) is 10.7 Å². The Bertz CT molecular complexity index is 1500. The Morgan fingerprint density at radius 3 is 2.34 bits per heavy atom. The summed E-state index contributed by atoms with van der Waals surface area (Å²) in [5, 5.41) is 8.37. The number of hydrogen-bond acceptors (Lipinski definition) is 6. The van der Waals surface area contributed by atoms with Crippen molar-refractivity contribution in [1.82, 2.24) is 14.8 Å². The third-order valence-electron chi connectivity index (χ3n) is 5.64. The summed E-state index contributed by atoms with van der Waals surface area (Å²) in [6.45, 7) is 1.89. The summed E-state index contributed by atoms with van der Waals surface area (Å²) in [7, 11) is -2.24. The summed E-state index contributed by atoms with van der Waals surface area (Å²) in [4.78, 5) is 4.58. The Morgan fingerprint density at radius 2 is 1.69 bits per heavy atom. The Labute approximate surface area is 208 Å². The number of rotatable bonds is 6. The quantitative estimate of drug-likeness (QED) is 0.376. The average molecular weight is 508 g/mol. The lowest BCUT2D eigenvalue weighted by Crippen LogP contribution is -2.20. The number of aryl methyl sites for hydroxylation is 1. The lowest BCUT2D eigenvalue weighted by molar-refractivity contribution is 0.414. The minimum absolute atomic E-state index is 0.0302. The molecule has 178 valence electrons. The second-order valence-electron chi connectivity index (χ2n) is 8.05. The summed E-state index contributed by atoms with van der Waals surface area (Å²) >= 11 is 6.07. The number of fused-ring (bicyclic) bond motifs is 1. The van der Waals surface area contributed by atoms with Gasteiger partial charge < -0.3 is 10.1 Å². The molecule has 0 radical (unpaired) electrons. The molecule has 1 unspecified atom stereocenters. The fourth-order valence-corrected chi connectivity index (χ4v) is 4.83. The number of aromatic nitrogens is 3. The highest BCUT2D eigenvalue weighted by Gasteiger charge is 2.27. The minimum Gasteiger partial charge on any atom is -0.497 e. The zero-order valence-electron chi connectivity index (χ0n) is 18.9. The van der Waals surface area contributed by atoms with E-state index in [2.05, 4.69) is 20.1 Å². The van der Waals surface area contributed by atoms with Crippen LogP contribution in [-0.2, 0) is 10.0 Å². The molecule has 0 bridgehead atoms. The molecule has 1 aliphatic rings. The van der Waals surface area contributed by atoms with Crippen LogP contribution in [0.15, 0.2) is 83.8 Å². The number of nitrogens with zero attached hydrogens (tertiary/aromatic N) is 3. The summed E-state index contributed by atoms with van der Waals surface area (Å²) < 4.78 is 35.2. The van der Waals surface area contributed by atoms with Crippen LogP contribution in [0.5, 0.6) is 5.75 Å². The lowest BCUT2D eigenvalue weighted by Gasteiger charge is -2.24. The highest BCUT2D eigenvalue weighted by molar-refractivity contribution is 7.92. The van der Waals surface area contributed by atoms with Crippen LogP contribution in [0, 0.1) is 6.92 Å². The van der Waals surface area contributed by atoms with Crippen molar-refractivity contribution in [3.8, 4) is 5.75 Å². The van der Waals surface area contributed by atoms with Crippen LogP contribution >= 0.6 is 11.6 Å². The molecule has 1 aliphatic heterocycles. The van der Waals surface area contributed by atoms with Gasteiger partial charge in [0.05, 0.1) is 12.0 Å². The summed E-state index contributed by atoms with van der Waals surface area (Å²) in [6.07, 6.45) is 2.00. The Morgan fingerprint density at radius 1 is 1.00 bits per heavy atom. The van der Waals surface area contributed by atoms with Gasteiger partial charge in [0.1, 0.15) is 11.8 Å². The van der Waals surface area contributed by atoms with E-state index in [4.69, 9.17) is 16.3 Å². The van der Waals surface area contributed by atoms with Crippen LogP contribution in [0.25, 0.3) is 5.70 Å². The van der Waals surface area contributed by atoms with Crippen molar-refractivity contribution in [3.05, 3.63) is 101 Å². The van der Waals surface area contributed by atoms with Gasteiger partial charge in [-0.2, -0.15) is 4.98 Å². The lowest BCUT2D eigenvalue weighted by atomic mass is 10.0. The molecule has 0 saturated carbocycles. The number of nitrogens with one attached hydrogen (secondary N) is 2. The van der Waals surface area contributed by atoms with Gasteiger partial charge in [-0.15, -0.1) is 5.10 Å². The molecule has 1 aromatic heterocycles. The molecule has 2 N–H and O–H groups in total. The average Bonchev–Trinajstić information content (AvgIpc) is 3.26. The molecule has 4 aromatic rings. The fourth-order valence-electron chi connectivity index (χ4n) is 3.77. The maximum Gasteiger partial charge on any atom is 0.264 e. The molecule has 35 heavy (non-hydrogen) atoms. The van der Waals surface area contributed by atoms with Crippen molar-refractivity contribution in [2.24, 2.45) is 0 Å².